The van der Waals surface area contributed by atoms with Crippen molar-refractivity contribution in [1.82, 2.24) is 10.2 Å². The predicted octanol–water partition coefficient (Wildman–Crippen LogP) is 3.16. The summed E-state index contributed by atoms with van der Waals surface area (Å²) in [6.07, 6.45) is 1.80. The number of hydrogen-bond acceptors (Lipinski definition) is 3. The van der Waals surface area contributed by atoms with Gasteiger partial charge in [-0.2, -0.15) is 0 Å². The van der Waals surface area contributed by atoms with Crippen molar-refractivity contribution in [3.8, 4) is 5.75 Å². The van der Waals surface area contributed by atoms with Crippen molar-refractivity contribution in [2.45, 2.75) is 52.7 Å². The number of carbonyl (C=O) groups excluding carboxylic acids is 1. The molecule has 0 aliphatic carbocycles. The fraction of sp³-hybridized carbons (Fsp3) is 0.579. The van der Waals surface area contributed by atoms with Crippen LogP contribution >= 0.6 is 0 Å². The molecule has 0 aromatic heterocycles. The number of benzene rings is 1. The molecule has 1 aromatic rings. The van der Waals surface area contributed by atoms with E-state index >= 15 is 0 Å². The first-order valence-electron chi connectivity index (χ1n) is 8.69. The van der Waals surface area contributed by atoms with Crippen LogP contribution in [0, 0.1) is 5.92 Å². The topological polar surface area (TPSA) is 78.9 Å². The maximum atomic E-state index is 12.1. The summed E-state index contributed by atoms with van der Waals surface area (Å²) in [6.45, 7) is 7.70. The van der Waals surface area contributed by atoms with Crippen LogP contribution in [-0.2, 0) is 11.2 Å². The molecule has 0 heterocycles. The van der Waals surface area contributed by atoms with Gasteiger partial charge in [0, 0.05) is 19.6 Å². The highest BCUT2D eigenvalue weighted by Crippen LogP contribution is 2.15. The average Bonchev–Trinajstić information content (AvgIpc) is 2.53. The number of amides is 2. The van der Waals surface area contributed by atoms with Gasteiger partial charge in [-0.15, -0.1) is 0 Å². The second kappa shape index (κ2) is 9.91. The van der Waals surface area contributed by atoms with E-state index in [0.29, 0.717) is 0 Å². The monoisotopic (exact) mass is 350 g/mol. The van der Waals surface area contributed by atoms with Crippen molar-refractivity contribution in [3.63, 3.8) is 0 Å². The zero-order chi connectivity index (χ0) is 19.0. The highest BCUT2D eigenvalue weighted by Gasteiger charge is 2.18. The van der Waals surface area contributed by atoms with Gasteiger partial charge in [-0.1, -0.05) is 19.1 Å². The number of ether oxygens (including phenoxy) is 1. The fourth-order valence-electron chi connectivity index (χ4n) is 2.35. The molecule has 25 heavy (non-hydrogen) atoms. The van der Waals surface area contributed by atoms with E-state index in [0.717, 1.165) is 18.6 Å². The third kappa shape index (κ3) is 7.92. The number of rotatable bonds is 9. The number of carbonyl (C=O) groups is 2. The van der Waals surface area contributed by atoms with Gasteiger partial charge in [-0.25, -0.2) is 4.79 Å². The highest BCUT2D eigenvalue weighted by molar-refractivity contribution is 5.75. The third-order valence-corrected chi connectivity index (χ3v) is 3.85. The van der Waals surface area contributed by atoms with Gasteiger partial charge < -0.3 is 20.1 Å². The molecule has 0 saturated carbocycles. The second-order valence-corrected chi connectivity index (χ2v) is 6.82. The summed E-state index contributed by atoms with van der Waals surface area (Å²) >= 11 is 0. The van der Waals surface area contributed by atoms with Crippen LogP contribution in [0.15, 0.2) is 24.3 Å². The zero-order valence-corrected chi connectivity index (χ0v) is 15.8. The van der Waals surface area contributed by atoms with E-state index in [1.165, 1.54) is 10.5 Å². The van der Waals surface area contributed by atoms with Crippen LogP contribution in [0.2, 0.25) is 0 Å². The summed E-state index contributed by atoms with van der Waals surface area (Å²) in [5.41, 5.74) is 1.19. The smallest absolute Gasteiger partial charge is 0.317 e. The Hall–Kier alpha value is -2.24. The van der Waals surface area contributed by atoms with Gasteiger partial charge in [-0.3, -0.25) is 4.79 Å². The summed E-state index contributed by atoms with van der Waals surface area (Å²) in [7, 11) is 1.61. The van der Waals surface area contributed by atoms with Crippen LogP contribution in [0.3, 0.4) is 0 Å². The van der Waals surface area contributed by atoms with Crippen LogP contribution in [0.1, 0.15) is 39.7 Å². The molecule has 6 nitrogen and oxygen atoms in total. The molecular weight excluding hydrogens is 320 g/mol. The number of aliphatic carboxylic acids is 1. The molecule has 2 N–H and O–H groups in total. The molecular formula is C19H30N2O4. The van der Waals surface area contributed by atoms with Gasteiger partial charge in [0.1, 0.15) is 5.75 Å². The summed E-state index contributed by atoms with van der Waals surface area (Å²) in [6, 6.07) is 7.74. The lowest BCUT2D eigenvalue weighted by Crippen LogP contribution is -2.44. The third-order valence-electron chi connectivity index (χ3n) is 3.85. The Morgan fingerprint density at radius 1 is 1.16 bits per heavy atom. The van der Waals surface area contributed by atoms with Crippen molar-refractivity contribution < 1.29 is 19.4 Å². The molecule has 2 unspecified atom stereocenters. The molecule has 0 aliphatic heterocycles. The fourth-order valence-corrected chi connectivity index (χ4v) is 2.35. The molecule has 0 aliphatic rings. The van der Waals surface area contributed by atoms with Crippen molar-refractivity contribution in [2.24, 2.45) is 5.92 Å². The highest BCUT2D eigenvalue weighted by atomic mass is 16.5. The van der Waals surface area contributed by atoms with Gasteiger partial charge in [0.2, 0.25) is 0 Å². The van der Waals surface area contributed by atoms with Crippen LogP contribution in [0.25, 0.3) is 0 Å². The van der Waals surface area contributed by atoms with E-state index in [-0.39, 0.29) is 24.7 Å². The van der Waals surface area contributed by atoms with Crippen LogP contribution in [-0.4, -0.2) is 47.7 Å². The van der Waals surface area contributed by atoms with Gasteiger partial charge in [0.25, 0.3) is 0 Å². The van der Waals surface area contributed by atoms with Crippen molar-refractivity contribution in [2.75, 3.05) is 13.6 Å². The quantitative estimate of drug-likeness (QED) is 0.717. The second-order valence-electron chi connectivity index (χ2n) is 6.82. The van der Waals surface area contributed by atoms with Crippen molar-refractivity contribution in [3.05, 3.63) is 29.8 Å². The number of carboxylic acid groups (broad SMARTS) is 1. The number of nitrogens with zero attached hydrogens (tertiary/aromatic N) is 1. The lowest BCUT2D eigenvalue weighted by atomic mass is 10.1. The Bertz CT molecular complexity index is 557. The Morgan fingerprint density at radius 3 is 2.28 bits per heavy atom. The minimum atomic E-state index is -0.905. The lowest BCUT2D eigenvalue weighted by molar-refractivity contribution is -0.141. The minimum absolute atomic E-state index is 0.00155. The molecule has 2 atom stereocenters. The van der Waals surface area contributed by atoms with Gasteiger partial charge in [0.05, 0.1) is 12.0 Å². The standard InChI is InChI=1S/C19H30N2O4/c1-13(2)25-17-10-8-16(9-11-17)7-6-15(4)20-19(24)21(5)12-14(3)18(22)23/h8-11,13-15H,6-7,12H2,1-5H3,(H,20,24)(H,22,23). The lowest BCUT2D eigenvalue weighted by Gasteiger charge is -2.23. The normalized spacial score (nSPS) is 13.2. The number of nitrogens with one attached hydrogen (secondary N) is 1. The van der Waals surface area contributed by atoms with Crippen LogP contribution < -0.4 is 10.1 Å². The van der Waals surface area contributed by atoms with E-state index in [1.54, 1.807) is 14.0 Å². The molecule has 1 rings (SSSR count). The molecule has 140 valence electrons. The Kier molecular flexibility index (Phi) is 8.25. The van der Waals surface area contributed by atoms with Crippen molar-refractivity contribution in [1.29, 1.82) is 0 Å². The minimum Gasteiger partial charge on any atom is -0.491 e. The summed E-state index contributed by atoms with van der Waals surface area (Å²) in [5.74, 6) is -0.635. The van der Waals surface area contributed by atoms with E-state index in [4.69, 9.17) is 9.84 Å². The maximum Gasteiger partial charge on any atom is 0.317 e. The average molecular weight is 350 g/mol. The zero-order valence-electron chi connectivity index (χ0n) is 15.8. The van der Waals surface area contributed by atoms with Crippen molar-refractivity contribution >= 4 is 12.0 Å². The molecule has 1 aromatic carbocycles. The van der Waals surface area contributed by atoms with E-state index in [9.17, 15) is 9.59 Å². The van der Waals surface area contributed by atoms with Gasteiger partial charge >= 0.3 is 12.0 Å². The molecule has 6 heteroatoms. The Balaban J connectivity index is 2.39. The first kappa shape index (κ1) is 20.8. The van der Waals surface area contributed by atoms with E-state index in [1.807, 2.05) is 45.0 Å². The maximum absolute atomic E-state index is 12.1. The molecule has 0 bridgehead atoms. The van der Waals surface area contributed by atoms with Crippen LogP contribution in [0.5, 0.6) is 5.75 Å². The molecule has 0 spiro atoms. The summed E-state index contributed by atoms with van der Waals surface area (Å²) < 4.78 is 5.62. The van der Waals surface area contributed by atoms with Gasteiger partial charge in [0.15, 0.2) is 0 Å². The van der Waals surface area contributed by atoms with Crippen LogP contribution in [0.4, 0.5) is 4.79 Å². The number of hydrogen-bond donors (Lipinski definition) is 2. The molecule has 0 radical (unpaired) electrons. The van der Waals surface area contributed by atoms with Gasteiger partial charge in [-0.05, 0) is 51.3 Å². The number of aryl methyl sites for hydroxylation is 1. The SMILES string of the molecule is CC(CCc1ccc(OC(C)C)cc1)NC(=O)N(C)CC(C)C(=O)O. The largest absolute Gasteiger partial charge is 0.491 e. The van der Waals surface area contributed by atoms with E-state index < -0.39 is 11.9 Å². The first-order valence-corrected chi connectivity index (χ1v) is 8.69. The molecule has 2 amide bonds. The summed E-state index contributed by atoms with van der Waals surface area (Å²) in [4.78, 5) is 24.3. The molecule has 0 fully saturated rings. The molecule has 0 saturated heterocycles. The predicted molar refractivity (Wildman–Crippen MR) is 98.0 cm³/mol. The number of urea groups is 1. The van der Waals surface area contributed by atoms with E-state index in [2.05, 4.69) is 5.32 Å². The Labute approximate surface area is 150 Å². The number of carboxylic acids is 1. The summed E-state index contributed by atoms with van der Waals surface area (Å²) in [5, 5.41) is 11.8. The first-order chi connectivity index (χ1) is 11.7. The Morgan fingerprint density at radius 2 is 1.76 bits per heavy atom.